The Labute approximate surface area is 125 Å². The Bertz CT molecular complexity index is 687. The van der Waals surface area contributed by atoms with Crippen molar-refractivity contribution in [2.45, 2.75) is 45.1 Å². The number of nitrogens with two attached hydrogens (primary N) is 1. The monoisotopic (exact) mass is 280 g/mol. The topological polar surface area (TPSA) is 67.6 Å². The largest absolute Gasteiger partial charge is 0.383 e. The first kappa shape index (κ1) is 13.7. The summed E-state index contributed by atoms with van der Waals surface area (Å²) in [5.41, 5.74) is 10.0. The van der Waals surface area contributed by atoms with Crippen LogP contribution in [0.5, 0.6) is 0 Å². The lowest BCUT2D eigenvalue weighted by Crippen LogP contribution is -2.06. The van der Waals surface area contributed by atoms with Crippen LogP contribution in [0.4, 0.5) is 5.82 Å². The Morgan fingerprint density at radius 3 is 2.81 bits per heavy atom. The third-order valence-electron chi connectivity index (χ3n) is 4.29. The minimum atomic E-state index is 0.403. The van der Waals surface area contributed by atoms with Crippen molar-refractivity contribution in [3.05, 3.63) is 46.6 Å². The first-order valence-electron chi connectivity index (χ1n) is 7.51. The molecule has 0 atom stereocenters. The van der Waals surface area contributed by atoms with Crippen molar-refractivity contribution < 1.29 is 0 Å². The lowest BCUT2D eigenvalue weighted by molar-refractivity contribution is 0.632. The molecule has 108 valence electrons. The molecule has 0 unspecified atom stereocenters. The number of aryl methyl sites for hydroxylation is 1. The molecule has 4 nitrogen and oxygen atoms in total. The van der Waals surface area contributed by atoms with Crippen molar-refractivity contribution in [1.29, 1.82) is 5.26 Å². The first-order valence-corrected chi connectivity index (χ1v) is 7.51. The van der Waals surface area contributed by atoms with Gasteiger partial charge in [-0.05, 0) is 25.3 Å². The molecule has 1 aliphatic rings. The van der Waals surface area contributed by atoms with Gasteiger partial charge in [0, 0.05) is 5.92 Å². The maximum Gasteiger partial charge on any atom is 0.140 e. The maximum atomic E-state index is 9.40. The number of benzene rings is 1. The molecule has 1 aromatic carbocycles. The number of hydrogen-bond donors (Lipinski definition) is 1. The van der Waals surface area contributed by atoms with Crippen LogP contribution in [-0.4, -0.2) is 9.78 Å². The molecule has 4 heteroatoms. The van der Waals surface area contributed by atoms with Crippen LogP contribution in [0, 0.1) is 18.3 Å². The van der Waals surface area contributed by atoms with E-state index in [1.807, 2.05) is 6.07 Å². The molecule has 1 aliphatic carbocycles. The van der Waals surface area contributed by atoms with Crippen LogP contribution in [0.2, 0.25) is 0 Å². The second-order valence-electron chi connectivity index (χ2n) is 5.89. The van der Waals surface area contributed by atoms with Gasteiger partial charge in [-0.15, -0.1) is 0 Å². The van der Waals surface area contributed by atoms with Crippen molar-refractivity contribution in [2.24, 2.45) is 0 Å². The van der Waals surface area contributed by atoms with Gasteiger partial charge in [0.05, 0.1) is 12.2 Å². The summed E-state index contributed by atoms with van der Waals surface area (Å²) in [6, 6.07) is 10.5. The molecule has 0 spiro atoms. The lowest BCUT2D eigenvalue weighted by atomic mass is 10.0. The summed E-state index contributed by atoms with van der Waals surface area (Å²) < 4.78 is 1.78. The zero-order chi connectivity index (χ0) is 14.8. The average molecular weight is 280 g/mol. The number of nitrogens with zero attached hydrogens (tertiary/aromatic N) is 3. The smallest absolute Gasteiger partial charge is 0.140 e. The van der Waals surface area contributed by atoms with Gasteiger partial charge in [0.15, 0.2) is 0 Å². The molecular formula is C17H20N4. The molecule has 1 saturated carbocycles. The van der Waals surface area contributed by atoms with Gasteiger partial charge in [0.25, 0.3) is 0 Å². The summed E-state index contributed by atoms with van der Waals surface area (Å²) in [7, 11) is 0. The van der Waals surface area contributed by atoms with E-state index >= 15 is 0 Å². The normalized spacial score (nSPS) is 15.2. The second kappa shape index (κ2) is 5.61. The number of aromatic nitrogens is 2. The van der Waals surface area contributed by atoms with Crippen LogP contribution in [0.25, 0.3) is 0 Å². The van der Waals surface area contributed by atoms with E-state index in [2.05, 4.69) is 36.3 Å². The molecule has 3 rings (SSSR count). The zero-order valence-electron chi connectivity index (χ0n) is 12.3. The number of nitriles is 1. The van der Waals surface area contributed by atoms with Gasteiger partial charge in [-0.1, -0.05) is 42.7 Å². The fourth-order valence-corrected chi connectivity index (χ4v) is 3.20. The van der Waals surface area contributed by atoms with Crippen molar-refractivity contribution in [1.82, 2.24) is 9.78 Å². The van der Waals surface area contributed by atoms with Crippen LogP contribution in [0.1, 0.15) is 54.0 Å². The van der Waals surface area contributed by atoms with Crippen molar-refractivity contribution in [3.8, 4) is 6.07 Å². The van der Waals surface area contributed by atoms with Gasteiger partial charge < -0.3 is 5.73 Å². The van der Waals surface area contributed by atoms with Gasteiger partial charge in [-0.2, -0.15) is 10.4 Å². The summed E-state index contributed by atoms with van der Waals surface area (Å²) in [5.74, 6) is 0.904. The fourth-order valence-electron chi connectivity index (χ4n) is 3.20. The van der Waals surface area contributed by atoms with E-state index in [1.54, 1.807) is 4.68 Å². The van der Waals surface area contributed by atoms with E-state index in [-0.39, 0.29) is 0 Å². The van der Waals surface area contributed by atoms with Crippen LogP contribution in [0.15, 0.2) is 24.3 Å². The summed E-state index contributed by atoms with van der Waals surface area (Å²) in [6.07, 6.45) is 4.69. The van der Waals surface area contributed by atoms with E-state index in [4.69, 9.17) is 5.73 Å². The third kappa shape index (κ3) is 2.64. The summed E-state index contributed by atoms with van der Waals surface area (Å²) in [4.78, 5) is 0. The van der Waals surface area contributed by atoms with Crippen molar-refractivity contribution in [2.75, 3.05) is 5.73 Å². The highest BCUT2D eigenvalue weighted by molar-refractivity contribution is 5.53. The number of nitrogen functional groups attached to an aromatic ring is 1. The van der Waals surface area contributed by atoms with E-state index in [0.717, 1.165) is 24.1 Å². The first-order chi connectivity index (χ1) is 10.2. The molecule has 21 heavy (non-hydrogen) atoms. The molecule has 1 aromatic heterocycles. The predicted molar refractivity (Wildman–Crippen MR) is 82.8 cm³/mol. The quantitative estimate of drug-likeness (QED) is 0.937. The van der Waals surface area contributed by atoms with E-state index in [1.165, 1.54) is 18.4 Å². The van der Waals surface area contributed by atoms with Gasteiger partial charge in [0.2, 0.25) is 0 Å². The van der Waals surface area contributed by atoms with Gasteiger partial charge in [-0.25, -0.2) is 4.68 Å². The average Bonchev–Trinajstić information content (AvgIpc) is 3.08. The molecule has 0 aliphatic heterocycles. The Balaban J connectivity index is 1.94. The third-order valence-corrected chi connectivity index (χ3v) is 4.29. The number of rotatable bonds is 3. The molecule has 2 N–H and O–H groups in total. The molecule has 0 saturated heterocycles. The van der Waals surface area contributed by atoms with Crippen molar-refractivity contribution in [3.63, 3.8) is 0 Å². The second-order valence-corrected chi connectivity index (χ2v) is 5.89. The lowest BCUT2D eigenvalue weighted by Gasteiger charge is -2.06. The van der Waals surface area contributed by atoms with Gasteiger partial charge in [-0.3, -0.25) is 0 Å². The maximum absolute atomic E-state index is 9.40. The summed E-state index contributed by atoms with van der Waals surface area (Å²) in [5, 5.41) is 14.1. The minimum absolute atomic E-state index is 0.403. The zero-order valence-corrected chi connectivity index (χ0v) is 12.3. The van der Waals surface area contributed by atoms with E-state index < -0.39 is 0 Å². The Morgan fingerprint density at radius 1 is 1.38 bits per heavy atom. The van der Waals surface area contributed by atoms with Crippen LogP contribution >= 0.6 is 0 Å². The molecular weight excluding hydrogens is 260 g/mol. The molecule has 0 amide bonds. The molecule has 0 radical (unpaired) electrons. The highest BCUT2D eigenvalue weighted by atomic mass is 15.3. The molecule has 2 aromatic rings. The Morgan fingerprint density at radius 2 is 2.14 bits per heavy atom. The van der Waals surface area contributed by atoms with Gasteiger partial charge >= 0.3 is 0 Å². The SMILES string of the molecule is Cc1cccc(Cn2nc(C3CCCC3)c(C#N)c2N)c1. The summed E-state index contributed by atoms with van der Waals surface area (Å²) >= 11 is 0. The van der Waals surface area contributed by atoms with Crippen LogP contribution < -0.4 is 5.73 Å². The molecule has 0 bridgehead atoms. The molecule has 1 heterocycles. The predicted octanol–water partition coefficient (Wildman–Crippen LogP) is 3.35. The standard InChI is InChI=1S/C17H20N4/c1-12-5-4-6-13(9-12)11-21-17(19)15(10-18)16(20-21)14-7-2-3-8-14/h4-6,9,14H,2-3,7-8,11,19H2,1H3. The number of anilines is 1. The van der Waals surface area contributed by atoms with Crippen molar-refractivity contribution >= 4 is 5.82 Å². The fraction of sp³-hybridized carbons (Fsp3) is 0.412. The van der Waals surface area contributed by atoms with Gasteiger partial charge in [0.1, 0.15) is 17.5 Å². The van der Waals surface area contributed by atoms with E-state index in [0.29, 0.717) is 23.8 Å². The molecule has 1 fully saturated rings. The highest BCUT2D eigenvalue weighted by Crippen LogP contribution is 2.36. The van der Waals surface area contributed by atoms with Crippen LogP contribution in [-0.2, 0) is 6.54 Å². The summed E-state index contributed by atoms with van der Waals surface area (Å²) in [6.45, 7) is 2.69. The minimum Gasteiger partial charge on any atom is -0.383 e. The Hall–Kier alpha value is -2.28. The number of hydrogen-bond acceptors (Lipinski definition) is 3. The van der Waals surface area contributed by atoms with Crippen LogP contribution in [0.3, 0.4) is 0 Å². The van der Waals surface area contributed by atoms with E-state index in [9.17, 15) is 5.26 Å². The Kier molecular flexibility index (Phi) is 3.66. The highest BCUT2D eigenvalue weighted by Gasteiger charge is 2.26.